The van der Waals surface area contributed by atoms with Crippen molar-refractivity contribution in [2.24, 2.45) is 5.10 Å². The predicted octanol–water partition coefficient (Wildman–Crippen LogP) is 4.84. The van der Waals surface area contributed by atoms with E-state index in [1.165, 1.54) is 47.9 Å². The molecule has 0 aliphatic carbocycles. The van der Waals surface area contributed by atoms with Gasteiger partial charge in [-0.2, -0.15) is 13.5 Å². The number of hydrogen-bond donors (Lipinski definition) is 1. The van der Waals surface area contributed by atoms with Crippen molar-refractivity contribution in [1.29, 1.82) is 0 Å². The van der Waals surface area contributed by atoms with Crippen LogP contribution in [0.25, 0.3) is 0 Å². The van der Waals surface area contributed by atoms with E-state index >= 15 is 0 Å². The Bertz CT molecular complexity index is 1540. The summed E-state index contributed by atoms with van der Waals surface area (Å²) in [5.74, 6) is 0.835. The Morgan fingerprint density at radius 1 is 1.08 bits per heavy atom. The smallest absolute Gasteiger partial charge is 0.339 e. The van der Waals surface area contributed by atoms with E-state index in [0.29, 0.717) is 21.5 Å². The molecule has 196 valence electrons. The van der Waals surface area contributed by atoms with Crippen LogP contribution >= 0.6 is 22.9 Å². The van der Waals surface area contributed by atoms with Gasteiger partial charge < -0.3 is 13.7 Å². The Balaban J connectivity index is 1.37. The number of hydrazone groups is 1. The van der Waals surface area contributed by atoms with Crippen LogP contribution in [0.5, 0.6) is 17.2 Å². The molecule has 1 amide bonds. The number of carbonyl (C=O) groups is 1. The predicted molar refractivity (Wildman–Crippen MR) is 145 cm³/mol. The Labute approximate surface area is 228 Å². The van der Waals surface area contributed by atoms with Gasteiger partial charge in [0.15, 0.2) is 10.2 Å². The maximum absolute atomic E-state index is 12.9. The van der Waals surface area contributed by atoms with Gasteiger partial charge in [0.05, 0.1) is 24.6 Å². The zero-order valence-corrected chi connectivity index (χ0v) is 22.4. The quantitative estimate of drug-likeness (QED) is 0.155. The van der Waals surface area contributed by atoms with Crippen molar-refractivity contribution >= 4 is 45.2 Å². The molecule has 0 unspecified atom stereocenters. The number of rotatable bonds is 11. The largest absolute Gasteiger partial charge is 0.497 e. The summed E-state index contributed by atoms with van der Waals surface area (Å²) in [6.07, 6.45) is 3.03. The third-order valence-corrected chi connectivity index (χ3v) is 7.37. The molecule has 0 saturated heterocycles. The Morgan fingerprint density at radius 2 is 1.87 bits per heavy atom. The highest BCUT2D eigenvalue weighted by molar-refractivity contribution is 7.87. The van der Waals surface area contributed by atoms with Crippen molar-refractivity contribution in [1.82, 2.24) is 10.4 Å². The molecule has 4 rings (SSSR count). The summed E-state index contributed by atoms with van der Waals surface area (Å²) in [5.41, 5.74) is 3.55. The van der Waals surface area contributed by atoms with Gasteiger partial charge in [-0.1, -0.05) is 35.9 Å². The molecule has 0 aliphatic heterocycles. The van der Waals surface area contributed by atoms with E-state index in [4.69, 9.17) is 25.3 Å². The fourth-order valence-corrected chi connectivity index (χ4v) is 5.06. The van der Waals surface area contributed by atoms with Crippen LogP contribution in [0, 0.1) is 0 Å². The van der Waals surface area contributed by atoms with Crippen molar-refractivity contribution in [3.8, 4) is 17.2 Å². The summed E-state index contributed by atoms with van der Waals surface area (Å²) in [6, 6.07) is 19.4. The molecule has 0 radical (unpaired) electrons. The first-order chi connectivity index (χ1) is 18.3. The van der Waals surface area contributed by atoms with Gasteiger partial charge in [-0.25, -0.2) is 10.4 Å². The maximum atomic E-state index is 12.9. The van der Waals surface area contributed by atoms with Gasteiger partial charge in [0.25, 0.3) is 0 Å². The zero-order chi connectivity index (χ0) is 27.0. The molecule has 0 spiro atoms. The molecule has 0 bridgehead atoms. The molecule has 4 aromatic rings. The lowest BCUT2D eigenvalue weighted by Crippen LogP contribution is -2.20. The van der Waals surface area contributed by atoms with Crippen LogP contribution in [0.2, 0.25) is 4.47 Å². The SMILES string of the molecule is COc1cccc(CC(=O)NN=Cc2ccccc2OS(=O)(=O)c2ccc(OCc3cnc(Cl)s3)cc2)c1. The number of nitrogens with one attached hydrogen (secondary N) is 1. The molecule has 9 nitrogen and oxygen atoms in total. The monoisotopic (exact) mass is 571 g/mol. The highest BCUT2D eigenvalue weighted by Crippen LogP contribution is 2.25. The number of methoxy groups -OCH3 is 1. The van der Waals surface area contributed by atoms with Crippen LogP contribution in [-0.4, -0.2) is 32.6 Å². The average Bonchev–Trinajstić information content (AvgIpc) is 3.33. The molecule has 1 heterocycles. The second-order valence-corrected chi connectivity index (χ2v) is 11.0. The minimum absolute atomic E-state index is 0.0518. The zero-order valence-electron chi connectivity index (χ0n) is 20.0. The third-order valence-electron chi connectivity index (χ3n) is 5.03. The van der Waals surface area contributed by atoms with Gasteiger partial charge in [-0.05, 0) is 54.1 Å². The molecule has 3 aromatic carbocycles. The van der Waals surface area contributed by atoms with Gasteiger partial charge in [-0.15, -0.1) is 11.3 Å². The second-order valence-electron chi connectivity index (χ2n) is 7.74. The lowest BCUT2D eigenvalue weighted by Gasteiger charge is -2.10. The summed E-state index contributed by atoms with van der Waals surface area (Å²) in [5, 5.41) is 3.94. The molecule has 0 saturated carbocycles. The summed E-state index contributed by atoms with van der Waals surface area (Å²) < 4.78 is 42.3. The highest BCUT2D eigenvalue weighted by atomic mass is 35.5. The minimum atomic E-state index is -4.15. The molecule has 1 N–H and O–H groups in total. The van der Waals surface area contributed by atoms with Crippen LogP contribution in [0.3, 0.4) is 0 Å². The van der Waals surface area contributed by atoms with E-state index in [1.807, 2.05) is 0 Å². The van der Waals surface area contributed by atoms with E-state index in [2.05, 4.69) is 15.5 Å². The van der Waals surface area contributed by atoms with Crippen LogP contribution in [0.1, 0.15) is 16.0 Å². The molecular weight excluding hydrogens is 550 g/mol. The summed E-state index contributed by atoms with van der Waals surface area (Å²) in [7, 11) is -2.60. The first-order valence-electron chi connectivity index (χ1n) is 11.1. The number of nitrogens with zero attached hydrogens (tertiary/aromatic N) is 2. The summed E-state index contributed by atoms with van der Waals surface area (Å²) in [4.78, 5) is 17.0. The first kappa shape index (κ1) is 27.1. The lowest BCUT2D eigenvalue weighted by molar-refractivity contribution is -0.120. The molecule has 0 aliphatic rings. The van der Waals surface area contributed by atoms with E-state index in [1.54, 1.807) is 55.8 Å². The maximum Gasteiger partial charge on any atom is 0.339 e. The summed E-state index contributed by atoms with van der Waals surface area (Å²) in [6.45, 7) is 0.260. The molecular formula is C26H22ClN3O6S2. The van der Waals surface area contributed by atoms with Crippen LogP contribution in [0.15, 0.2) is 89.0 Å². The van der Waals surface area contributed by atoms with E-state index in [-0.39, 0.29) is 29.6 Å². The highest BCUT2D eigenvalue weighted by Gasteiger charge is 2.18. The molecule has 1 aromatic heterocycles. The van der Waals surface area contributed by atoms with E-state index < -0.39 is 10.1 Å². The fraction of sp³-hybridized carbons (Fsp3) is 0.115. The van der Waals surface area contributed by atoms with Gasteiger partial charge in [0.2, 0.25) is 5.91 Å². The van der Waals surface area contributed by atoms with E-state index in [9.17, 15) is 13.2 Å². The summed E-state index contributed by atoms with van der Waals surface area (Å²) >= 11 is 7.11. The number of thiazole rings is 1. The number of halogens is 1. The topological polar surface area (TPSA) is 116 Å². The number of amides is 1. The van der Waals surface area contributed by atoms with Crippen molar-refractivity contribution in [3.05, 3.63) is 99.5 Å². The number of para-hydroxylation sites is 1. The number of ether oxygens (including phenoxy) is 2. The standard InChI is InChI=1S/C26H22ClN3O6S2/c1-34-21-7-4-5-18(13-21)14-25(31)30-29-15-19-6-2-3-8-24(19)36-38(32,33)23-11-9-20(10-12-23)35-17-22-16-28-26(27)37-22/h2-13,15-16H,14,17H2,1H3,(H,30,31). The van der Waals surface area contributed by atoms with E-state index in [0.717, 1.165) is 10.4 Å². The van der Waals surface area contributed by atoms with Crippen LogP contribution < -0.4 is 19.1 Å². The molecule has 0 atom stereocenters. The fourth-order valence-electron chi connectivity index (χ4n) is 3.22. The lowest BCUT2D eigenvalue weighted by atomic mass is 10.1. The molecule has 38 heavy (non-hydrogen) atoms. The number of carbonyl (C=O) groups excluding carboxylic acids is 1. The van der Waals surface area contributed by atoms with Crippen molar-refractivity contribution in [2.45, 2.75) is 17.9 Å². The number of benzene rings is 3. The first-order valence-corrected chi connectivity index (χ1v) is 13.7. The van der Waals surface area contributed by atoms with Crippen molar-refractivity contribution < 1.29 is 26.9 Å². The number of aromatic nitrogens is 1. The van der Waals surface area contributed by atoms with Crippen molar-refractivity contribution in [2.75, 3.05) is 7.11 Å². The van der Waals surface area contributed by atoms with Gasteiger partial charge >= 0.3 is 10.1 Å². The second kappa shape index (κ2) is 12.5. The van der Waals surface area contributed by atoms with Crippen molar-refractivity contribution in [3.63, 3.8) is 0 Å². The van der Waals surface area contributed by atoms with Gasteiger partial charge in [0, 0.05) is 11.8 Å². The Hall–Kier alpha value is -3.93. The average molecular weight is 572 g/mol. The van der Waals surface area contributed by atoms with Gasteiger partial charge in [0.1, 0.15) is 23.0 Å². The van der Waals surface area contributed by atoms with Crippen LogP contribution in [0.4, 0.5) is 0 Å². The Morgan fingerprint density at radius 3 is 2.61 bits per heavy atom. The molecule has 0 fully saturated rings. The van der Waals surface area contributed by atoms with Crippen LogP contribution in [-0.2, 0) is 27.9 Å². The number of hydrogen-bond acceptors (Lipinski definition) is 9. The van der Waals surface area contributed by atoms with Gasteiger partial charge in [-0.3, -0.25) is 4.79 Å². The normalized spacial score (nSPS) is 11.3. The third kappa shape index (κ3) is 7.54. The molecule has 12 heteroatoms. The Kier molecular flexibility index (Phi) is 8.95. The minimum Gasteiger partial charge on any atom is -0.497 e.